The molecule has 2 aliphatic rings. The molecule has 0 unspecified atom stereocenters. The van der Waals surface area contributed by atoms with E-state index in [0.717, 1.165) is 24.8 Å². The van der Waals surface area contributed by atoms with E-state index in [1.165, 1.54) is 18.2 Å². The number of imidazole rings is 1. The monoisotopic (exact) mass is 455 g/mol. The van der Waals surface area contributed by atoms with Crippen LogP contribution in [0.1, 0.15) is 36.6 Å². The quantitative estimate of drug-likeness (QED) is 0.416. The van der Waals surface area contributed by atoms with Crippen LogP contribution in [0.5, 0.6) is 0 Å². The lowest BCUT2D eigenvalue weighted by molar-refractivity contribution is -0.0511. The van der Waals surface area contributed by atoms with Gasteiger partial charge in [0.15, 0.2) is 23.2 Å². The molecule has 1 saturated heterocycles. The molecule has 33 heavy (non-hydrogen) atoms. The molecular formula is C23H29N5O5. The highest BCUT2D eigenvalue weighted by molar-refractivity contribution is 5.82. The summed E-state index contributed by atoms with van der Waals surface area (Å²) in [5.74, 6) is 0.585. The lowest BCUT2D eigenvalue weighted by Gasteiger charge is -2.22. The third-order valence-corrected chi connectivity index (χ3v) is 6.47. The van der Waals surface area contributed by atoms with E-state index in [0.29, 0.717) is 23.6 Å². The van der Waals surface area contributed by atoms with Crippen LogP contribution in [0.3, 0.4) is 0 Å². The van der Waals surface area contributed by atoms with Gasteiger partial charge in [-0.2, -0.15) is 0 Å². The summed E-state index contributed by atoms with van der Waals surface area (Å²) in [5.41, 5.74) is 3.38. The lowest BCUT2D eigenvalue weighted by Crippen LogP contribution is -2.33. The van der Waals surface area contributed by atoms with Crippen LogP contribution in [0, 0.1) is 6.92 Å². The van der Waals surface area contributed by atoms with Crippen molar-refractivity contribution in [1.82, 2.24) is 19.5 Å². The van der Waals surface area contributed by atoms with Gasteiger partial charge < -0.3 is 30.1 Å². The Hall–Kier alpha value is -2.63. The Bertz CT molecular complexity index is 1110. The minimum Gasteiger partial charge on any atom is -0.394 e. The van der Waals surface area contributed by atoms with Gasteiger partial charge in [0.25, 0.3) is 0 Å². The zero-order valence-electron chi connectivity index (χ0n) is 18.4. The molecule has 0 spiro atoms. The number of benzene rings is 1. The van der Waals surface area contributed by atoms with Crippen molar-refractivity contribution in [3.8, 4) is 0 Å². The summed E-state index contributed by atoms with van der Waals surface area (Å²) >= 11 is 0. The maximum absolute atomic E-state index is 10.4. The molecule has 1 saturated carbocycles. The summed E-state index contributed by atoms with van der Waals surface area (Å²) in [6.45, 7) is 2.24. The molecule has 10 nitrogen and oxygen atoms in total. The van der Waals surface area contributed by atoms with Crippen molar-refractivity contribution in [1.29, 1.82) is 0 Å². The Balaban J connectivity index is 1.32. The number of nitrogens with one attached hydrogen (secondary N) is 1. The van der Waals surface area contributed by atoms with E-state index in [-0.39, 0.29) is 12.1 Å². The van der Waals surface area contributed by atoms with Gasteiger partial charge in [0.05, 0.1) is 31.7 Å². The Morgan fingerprint density at radius 2 is 2.06 bits per heavy atom. The van der Waals surface area contributed by atoms with Crippen molar-refractivity contribution >= 4 is 17.0 Å². The summed E-state index contributed by atoms with van der Waals surface area (Å²) in [6.07, 6.45) is 1.80. The molecule has 2 fully saturated rings. The number of rotatable bonds is 7. The second-order valence-corrected chi connectivity index (χ2v) is 8.80. The number of aromatic nitrogens is 4. The van der Waals surface area contributed by atoms with Crippen molar-refractivity contribution in [3.63, 3.8) is 0 Å². The van der Waals surface area contributed by atoms with Crippen LogP contribution in [0.15, 0.2) is 36.9 Å². The third kappa shape index (κ3) is 4.32. The second-order valence-electron chi connectivity index (χ2n) is 8.80. The van der Waals surface area contributed by atoms with E-state index in [4.69, 9.17) is 9.47 Å². The van der Waals surface area contributed by atoms with E-state index < -0.39 is 31.1 Å². The highest BCUT2D eigenvalue weighted by atomic mass is 16.6. The van der Waals surface area contributed by atoms with Gasteiger partial charge >= 0.3 is 0 Å². The first kappa shape index (κ1) is 22.2. The minimum atomic E-state index is -1.21. The number of aliphatic hydroxyl groups excluding tert-OH is 3. The molecule has 0 radical (unpaired) electrons. The smallest absolute Gasteiger partial charge is 0.167 e. The van der Waals surface area contributed by atoms with E-state index in [2.05, 4.69) is 45.4 Å². The van der Waals surface area contributed by atoms with Crippen molar-refractivity contribution < 1.29 is 24.8 Å². The first-order valence-corrected chi connectivity index (χ1v) is 11.3. The van der Waals surface area contributed by atoms with Gasteiger partial charge in [0.1, 0.15) is 24.6 Å². The fraction of sp³-hybridized carbons (Fsp3) is 0.522. The molecule has 1 aromatic carbocycles. The fourth-order valence-corrected chi connectivity index (χ4v) is 4.73. The van der Waals surface area contributed by atoms with Crippen LogP contribution in [-0.2, 0) is 16.1 Å². The number of hydrogen-bond donors (Lipinski definition) is 4. The molecule has 4 N–H and O–H groups in total. The standard InChI is InChI=1S/C23H29N5O5/c1-13-4-2-5-14(8-13)10-32-16-7-3-6-15(16)27-21-18-22(25-11-24-21)28(12-26-18)23-20(31)19(30)17(9-29)33-23/h2,4-5,8,11-12,15-17,19-20,23,29-31H,3,6-7,9-10H2,1H3,(H,24,25,27)/t15-,16-,17-,19-,20-,23-/m1/s1. The van der Waals surface area contributed by atoms with Gasteiger partial charge in [-0.25, -0.2) is 15.0 Å². The first-order valence-electron chi connectivity index (χ1n) is 11.3. The van der Waals surface area contributed by atoms with Gasteiger partial charge in [0.2, 0.25) is 0 Å². The zero-order chi connectivity index (χ0) is 22.9. The summed E-state index contributed by atoms with van der Waals surface area (Å²) in [5, 5.41) is 33.3. The first-order chi connectivity index (χ1) is 16.0. The summed E-state index contributed by atoms with van der Waals surface area (Å²) in [4.78, 5) is 13.2. The van der Waals surface area contributed by atoms with Crippen LogP contribution >= 0.6 is 0 Å². The van der Waals surface area contributed by atoms with E-state index in [9.17, 15) is 15.3 Å². The Morgan fingerprint density at radius 1 is 1.18 bits per heavy atom. The van der Waals surface area contributed by atoms with Crippen LogP contribution in [0.2, 0.25) is 0 Å². The van der Waals surface area contributed by atoms with Gasteiger partial charge in [-0.15, -0.1) is 0 Å². The molecule has 176 valence electrons. The van der Waals surface area contributed by atoms with Gasteiger partial charge in [-0.3, -0.25) is 4.57 Å². The molecule has 6 atom stereocenters. The normalized spacial score (nSPS) is 29.7. The van der Waals surface area contributed by atoms with Gasteiger partial charge in [-0.1, -0.05) is 29.8 Å². The van der Waals surface area contributed by atoms with Crippen molar-refractivity contribution in [2.45, 2.75) is 69.5 Å². The predicted molar refractivity (Wildman–Crippen MR) is 119 cm³/mol. The van der Waals surface area contributed by atoms with Gasteiger partial charge in [0, 0.05) is 0 Å². The number of ether oxygens (including phenoxy) is 2. The summed E-state index contributed by atoms with van der Waals surface area (Å²) in [7, 11) is 0. The molecule has 0 bridgehead atoms. The zero-order valence-corrected chi connectivity index (χ0v) is 18.4. The molecule has 1 aliphatic carbocycles. The lowest BCUT2D eigenvalue weighted by atomic mass is 10.1. The molecule has 10 heteroatoms. The molecular weight excluding hydrogens is 426 g/mol. The molecule has 5 rings (SSSR count). The van der Waals surface area contributed by atoms with Crippen LogP contribution < -0.4 is 5.32 Å². The summed E-state index contributed by atoms with van der Waals surface area (Å²) < 4.78 is 13.4. The highest BCUT2D eigenvalue weighted by Gasteiger charge is 2.44. The third-order valence-electron chi connectivity index (χ3n) is 6.47. The fourth-order valence-electron chi connectivity index (χ4n) is 4.73. The maximum Gasteiger partial charge on any atom is 0.167 e. The maximum atomic E-state index is 10.4. The second kappa shape index (κ2) is 9.32. The Kier molecular flexibility index (Phi) is 6.26. The highest BCUT2D eigenvalue weighted by Crippen LogP contribution is 2.33. The van der Waals surface area contributed by atoms with Crippen LogP contribution in [0.4, 0.5) is 5.82 Å². The molecule has 1 aliphatic heterocycles. The average molecular weight is 456 g/mol. The molecule has 3 heterocycles. The van der Waals surface area contributed by atoms with Crippen LogP contribution in [-0.4, -0.2) is 71.9 Å². The number of hydrogen-bond acceptors (Lipinski definition) is 9. The SMILES string of the molecule is Cc1cccc(CO[C@@H]2CCC[C@H]2Nc2ncnc3c2ncn3[C@@H]2O[C@H](CO)[C@@H](O)[C@H]2O)c1. The van der Waals surface area contributed by atoms with E-state index >= 15 is 0 Å². The van der Waals surface area contributed by atoms with E-state index in [1.807, 2.05) is 6.07 Å². The number of aryl methyl sites for hydroxylation is 1. The number of aliphatic hydroxyl groups is 3. The molecule has 0 amide bonds. The molecule has 2 aromatic heterocycles. The van der Waals surface area contributed by atoms with E-state index in [1.54, 1.807) is 4.57 Å². The molecule has 3 aromatic rings. The number of fused-ring (bicyclic) bond motifs is 1. The van der Waals surface area contributed by atoms with Crippen molar-refractivity contribution in [2.24, 2.45) is 0 Å². The summed E-state index contributed by atoms with van der Waals surface area (Å²) in [6, 6.07) is 8.41. The topological polar surface area (TPSA) is 135 Å². The Labute approximate surface area is 191 Å². The van der Waals surface area contributed by atoms with Crippen LogP contribution in [0.25, 0.3) is 11.2 Å². The van der Waals surface area contributed by atoms with Gasteiger partial charge in [-0.05, 0) is 31.7 Å². The minimum absolute atomic E-state index is 0.0538. The Morgan fingerprint density at radius 3 is 2.85 bits per heavy atom. The number of anilines is 1. The van der Waals surface area contributed by atoms with Crippen molar-refractivity contribution in [2.75, 3.05) is 11.9 Å². The average Bonchev–Trinajstić information content (AvgIpc) is 3.51. The number of nitrogens with zero attached hydrogens (tertiary/aromatic N) is 4. The largest absolute Gasteiger partial charge is 0.394 e. The predicted octanol–water partition coefficient (Wildman–Crippen LogP) is 1.30. The van der Waals surface area contributed by atoms with Crippen molar-refractivity contribution in [3.05, 3.63) is 48.0 Å².